The summed E-state index contributed by atoms with van der Waals surface area (Å²) < 4.78 is 13.7. The van der Waals surface area contributed by atoms with Crippen molar-refractivity contribution in [1.82, 2.24) is 10.2 Å². The molecule has 22 heavy (non-hydrogen) atoms. The van der Waals surface area contributed by atoms with Crippen molar-refractivity contribution >= 4 is 23.4 Å². The Labute approximate surface area is 133 Å². The van der Waals surface area contributed by atoms with Crippen LogP contribution in [-0.4, -0.2) is 42.0 Å². The second-order valence-corrected chi connectivity index (χ2v) is 5.71. The van der Waals surface area contributed by atoms with Gasteiger partial charge in [0.2, 0.25) is 11.8 Å². The fourth-order valence-corrected chi connectivity index (χ4v) is 2.80. The highest BCUT2D eigenvalue weighted by molar-refractivity contribution is 6.30. The number of likely N-dealkylation sites (tertiary alicyclic amines) is 1. The molecule has 120 valence electrons. The van der Waals surface area contributed by atoms with Crippen LogP contribution in [0.3, 0.4) is 0 Å². The van der Waals surface area contributed by atoms with Crippen molar-refractivity contribution in [2.75, 3.05) is 20.2 Å². The number of aliphatic hydroxyl groups excluding tert-OH is 1. The molecule has 0 radical (unpaired) electrons. The smallest absolute Gasteiger partial charge is 0.226 e. The molecule has 1 heterocycles. The number of carbonyl (C=O) groups excluding carboxylic acids is 2. The van der Waals surface area contributed by atoms with Gasteiger partial charge in [0.05, 0.1) is 17.0 Å². The lowest BCUT2D eigenvalue weighted by molar-refractivity contribution is -0.128. The molecule has 2 atom stereocenters. The van der Waals surface area contributed by atoms with Gasteiger partial charge in [-0.15, -0.1) is 0 Å². The van der Waals surface area contributed by atoms with Gasteiger partial charge in [-0.1, -0.05) is 17.7 Å². The van der Waals surface area contributed by atoms with E-state index in [1.54, 1.807) is 13.1 Å². The highest BCUT2D eigenvalue weighted by atomic mass is 35.5. The van der Waals surface area contributed by atoms with Gasteiger partial charge < -0.3 is 15.3 Å². The number of amides is 2. The SMILES string of the molecule is CN1C(=O)CC(C(=O)NCCCO)C1c1ccc(Cl)c(F)c1. The minimum atomic E-state index is -0.586. The molecule has 0 aliphatic carbocycles. The van der Waals surface area contributed by atoms with Gasteiger partial charge in [0.1, 0.15) is 5.82 Å². The Bertz CT molecular complexity index is 582. The van der Waals surface area contributed by atoms with E-state index in [4.69, 9.17) is 16.7 Å². The molecule has 2 unspecified atom stereocenters. The van der Waals surface area contributed by atoms with Crippen LogP contribution in [0, 0.1) is 11.7 Å². The number of halogens is 2. The molecule has 1 saturated heterocycles. The van der Waals surface area contributed by atoms with Gasteiger partial charge in [0.15, 0.2) is 0 Å². The third-order valence-corrected chi connectivity index (χ3v) is 4.15. The Morgan fingerprint density at radius 3 is 2.91 bits per heavy atom. The van der Waals surface area contributed by atoms with Crippen molar-refractivity contribution in [3.8, 4) is 0 Å². The molecule has 0 spiro atoms. The maximum atomic E-state index is 13.7. The number of hydrogen-bond donors (Lipinski definition) is 2. The highest BCUT2D eigenvalue weighted by Crippen LogP contribution is 2.37. The van der Waals surface area contributed by atoms with E-state index < -0.39 is 17.8 Å². The maximum absolute atomic E-state index is 13.7. The van der Waals surface area contributed by atoms with Crippen LogP contribution in [0.5, 0.6) is 0 Å². The summed E-state index contributed by atoms with van der Waals surface area (Å²) in [6, 6.07) is 3.78. The standard InChI is InChI=1S/C15H18ClFN2O3/c1-19-13(21)8-10(15(22)18-5-2-6-20)14(19)9-3-4-11(16)12(17)7-9/h3-4,7,10,14,20H,2,5-6,8H2,1H3,(H,18,22). The molecule has 2 amide bonds. The van der Waals surface area contributed by atoms with E-state index in [1.165, 1.54) is 17.0 Å². The molecule has 1 aromatic rings. The summed E-state index contributed by atoms with van der Waals surface area (Å²) in [5, 5.41) is 11.4. The van der Waals surface area contributed by atoms with E-state index in [9.17, 15) is 14.0 Å². The highest BCUT2D eigenvalue weighted by Gasteiger charge is 2.42. The van der Waals surface area contributed by atoms with Crippen molar-refractivity contribution in [3.63, 3.8) is 0 Å². The van der Waals surface area contributed by atoms with E-state index in [1.807, 2.05) is 0 Å². The molecular formula is C15H18ClFN2O3. The van der Waals surface area contributed by atoms with E-state index in [-0.39, 0.29) is 29.9 Å². The quantitative estimate of drug-likeness (QED) is 0.805. The zero-order chi connectivity index (χ0) is 16.3. The minimum Gasteiger partial charge on any atom is -0.396 e. The first-order valence-corrected chi connectivity index (χ1v) is 7.42. The first-order chi connectivity index (χ1) is 10.5. The fraction of sp³-hybridized carbons (Fsp3) is 0.467. The summed E-state index contributed by atoms with van der Waals surface area (Å²) in [5.74, 6) is -1.60. The Balaban J connectivity index is 2.22. The zero-order valence-corrected chi connectivity index (χ0v) is 12.9. The number of nitrogens with one attached hydrogen (secondary N) is 1. The van der Waals surface area contributed by atoms with Crippen LogP contribution < -0.4 is 5.32 Å². The summed E-state index contributed by atoms with van der Waals surface area (Å²) >= 11 is 5.68. The average Bonchev–Trinajstić information content (AvgIpc) is 2.78. The molecule has 7 heteroatoms. The van der Waals surface area contributed by atoms with Crippen LogP contribution in [0.25, 0.3) is 0 Å². The number of rotatable bonds is 5. The largest absolute Gasteiger partial charge is 0.396 e. The summed E-state index contributed by atoms with van der Waals surface area (Å²) in [6.45, 7) is 0.320. The molecule has 5 nitrogen and oxygen atoms in total. The van der Waals surface area contributed by atoms with Crippen LogP contribution in [0.2, 0.25) is 5.02 Å². The molecule has 0 aromatic heterocycles. The normalized spacial score (nSPS) is 21.3. The first kappa shape index (κ1) is 16.7. The Morgan fingerprint density at radius 2 is 2.27 bits per heavy atom. The van der Waals surface area contributed by atoms with Crippen LogP contribution in [-0.2, 0) is 9.59 Å². The zero-order valence-electron chi connectivity index (χ0n) is 12.2. The predicted molar refractivity (Wildman–Crippen MR) is 79.7 cm³/mol. The fourth-order valence-electron chi connectivity index (χ4n) is 2.68. The maximum Gasteiger partial charge on any atom is 0.226 e. The topological polar surface area (TPSA) is 69.6 Å². The van der Waals surface area contributed by atoms with Gasteiger partial charge in [-0.05, 0) is 24.1 Å². The number of nitrogens with zero attached hydrogens (tertiary/aromatic N) is 1. The lowest BCUT2D eigenvalue weighted by Crippen LogP contribution is -2.35. The third kappa shape index (κ3) is 3.39. The molecule has 0 saturated carbocycles. The molecule has 1 aliphatic rings. The van der Waals surface area contributed by atoms with Gasteiger partial charge in [-0.25, -0.2) is 4.39 Å². The van der Waals surface area contributed by atoms with Gasteiger partial charge in [0, 0.05) is 26.6 Å². The van der Waals surface area contributed by atoms with Gasteiger partial charge >= 0.3 is 0 Å². The van der Waals surface area contributed by atoms with E-state index in [0.717, 1.165) is 0 Å². The van der Waals surface area contributed by atoms with Gasteiger partial charge in [0.25, 0.3) is 0 Å². The molecule has 2 N–H and O–H groups in total. The van der Waals surface area contributed by atoms with Crippen molar-refractivity contribution in [2.24, 2.45) is 5.92 Å². The second-order valence-electron chi connectivity index (χ2n) is 5.30. The summed E-state index contributed by atoms with van der Waals surface area (Å²) in [4.78, 5) is 25.7. The van der Waals surface area contributed by atoms with Crippen LogP contribution in [0.4, 0.5) is 4.39 Å². The second kappa shape index (κ2) is 7.07. The minimum absolute atomic E-state index is 0.000302. The van der Waals surface area contributed by atoms with E-state index >= 15 is 0 Å². The van der Waals surface area contributed by atoms with Crippen molar-refractivity contribution < 1.29 is 19.1 Å². The number of aliphatic hydroxyl groups is 1. The Kier molecular flexibility index (Phi) is 5.37. The van der Waals surface area contributed by atoms with Crippen molar-refractivity contribution in [1.29, 1.82) is 0 Å². The lowest BCUT2D eigenvalue weighted by atomic mass is 9.93. The van der Waals surface area contributed by atoms with Crippen molar-refractivity contribution in [3.05, 3.63) is 34.6 Å². The molecule has 2 rings (SSSR count). The van der Waals surface area contributed by atoms with Gasteiger partial charge in [-0.3, -0.25) is 9.59 Å². The van der Waals surface area contributed by atoms with Crippen LogP contribution >= 0.6 is 11.6 Å². The van der Waals surface area contributed by atoms with Gasteiger partial charge in [-0.2, -0.15) is 0 Å². The summed E-state index contributed by atoms with van der Waals surface area (Å²) in [7, 11) is 1.60. The van der Waals surface area contributed by atoms with Crippen LogP contribution in [0.1, 0.15) is 24.4 Å². The number of carbonyl (C=O) groups is 2. The summed E-state index contributed by atoms with van der Waals surface area (Å²) in [6.07, 6.45) is 0.527. The monoisotopic (exact) mass is 328 g/mol. The third-order valence-electron chi connectivity index (χ3n) is 3.84. The van der Waals surface area contributed by atoms with Crippen LogP contribution in [0.15, 0.2) is 18.2 Å². The molecule has 1 aliphatic heterocycles. The number of benzene rings is 1. The number of hydrogen-bond acceptors (Lipinski definition) is 3. The lowest BCUT2D eigenvalue weighted by Gasteiger charge is -2.25. The summed E-state index contributed by atoms with van der Waals surface area (Å²) in [5.41, 5.74) is 0.539. The molecule has 0 bridgehead atoms. The molecule has 1 fully saturated rings. The van der Waals surface area contributed by atoms with E-state index in [0.29, 0.717) is 18.5 Å². The average molecular weight is 329 g/mol. The van der Waals surface area contributed by atoms with Crippen molar-refractivity contribution in [2.45, 2.75) is 18.9 Å². The molecule has 1 aromatic carbocycles. The van der Waals surface area contributed by atoms with E-state index in [2.05, 4.69) is 5.32 Å². The predicted octanol–water partition coefficient (Wildman–Crippen LogP) is 1.50. The Morgan fingerprint density at radius 1 is 1.55 bits per heavy atom. The first-order valence-electron chi connectivity index (χ1n) is 7.05. The molecular weight excluding hydrogens is 311 g/mol. The Hall–Kier alpha value is -1.66.